The molecule has 0 spiro atoms. The van der Waals surface area contributed by atoms with Crippen LogP contribution in [0.15, 0.2) is 22.7 Å². The number of aromatic nitrogens is 2. The fraction of sp³-hybridized carbons (Fsp3) is 0.500. The minimum absolute atomic E-state index is 0.0789. The van der Waals surface area contributed by atoms with Crippen LogP contribution >= 0.6 is 0 Å². The van der Waals surface area contributed by atoms with E-state index in [1.165, 1.54) is 0 Å². The number of benzene rings is 1. The zero-order chi connectivity index (χ0) is 15.5. The van der Waals surface area contributed by atoms with Gasteiger partial charge in [-0.2, -0.15) is 4.98 Å². The molecular formula is C16H21N3O3. The number of nitrogens with one attached hydrogen (secondary N) is 1. The van der Waals surface area contributed by atoms with Crippen LogP contribution in [0.3, 0.4) is 0 Å². The molecule has 0 amide bonds. The summed E-state index contributed by atoms with van der Waals surface area (Å²) in [6, 6.07) is 5.74. The third-order valence-electron chi connectivity index (χ3n) is 3.47. The van der Waals surface area contributed by atoms with E-state index >= 15 is 0 Å². The second kappa shape index (κ2) is 6.25. The van der Waals surface area contributed by atoms with Gasteiger partial charge in [0, 0.05) is 24.1 Å². The Balaban J connectivity index is 1.73. The lowest BCUT2D eigenvalue weighted by Crippen LogP contribution is -2.07. The standard InChI is InChI=1S/C16H21N3O3/c1-10(2)15-18-16(22-19-15)11(3)17-12-5-6-13-14(9-12)21-8-4-7-20-13/h5-6,9-11,17H,4,7-8H2,1-3H3/t11-/m1/s1. The molecule has 2 heterocycles. The summed E-state index contributed by atoms with van der Waals surface area (Å²) in [6.07, 6.45) is 0.897. The van der Waals surface area contributed by atoms with Gasteiger partial charge in [-0.15, -0.1) is 0 Å². The molecule has 0 fully saturated rings. The van der Waals surface area contributed by atoms with Crippen molar-refractivity contribution in [2.75, 3.05) is 18.5 Å². The van der Waals surface area contributed by atoms with Crippen LogP contribution in [-0.2, 0) is 0 Å². The molecule has 1 N–H and O–H groups in total. The molecule has 1 aliphatic heterocycles. The average molecular weight is 303 g/mol. The van der Waals surface area contributed by atoms with E-state index in [0.717, 1.165) is 29.4 Å². The highest BCUT2D eigenvalue weighted by atomic mass is 16.5. The first-order valence-corrected chi connectivity index (χ1v) is 7.63. The van der Waals surface area contributed by atoms with Crippen molar-refractivity contribution in [2.45, 2.75) is 39.2 Å². The third-order valence-corrected chi connectivity index (χ3v) is 3.47. The van der Waals surface area contributed by atoms with Gasteiger partial charge < -0.3 is 19.3 Å². The quantitative estimate of drug-likeness (QED) is 0.932. The predicted octanol–water partition coefficient (Wildman–Crippen LogP) is 3.53. The summed E-state index contributed by atoms with van der Waals surface area (Å²) in [5.74, 6) is 3.11. The molecule has 0 aliphatic carbocycles. The minimum Gasteiger partial charge on any atom is -0.490 e. The van der Waals surface area contributed by atoms with Gasteiger partial charge >= 0.3 is 0 Å². The minimum atomic E-state index is -0.0789. The fourth-order valence-electron chi connectivity index (χ4n) is 2.22. The van der Waals surface area contributed by atoms with Crippen molar-refractivity contribution in [3.8, 4) is 11.5 Å². The Kier molecular flexibility index (Phi) is 4.18. The number of nitrogens with zero attached hydrogens (tertiary/aromatic N) is 2. The van der Waals surface area contributed by atoms with Crippen molar-refractivity contribution in [1.29, 1.82) is 0 Å². The monoisotopic (exact) mass is 303 g/mol. The van der Waals surface area contributed by atoms with E-state index in [1.54, 1.807) is 0 Å². The molecule has 6 nitrogen and oxygen atoms in total. The summed E-state index contributed by atoms with van der Waals surface area (Å²) in [7, 11) is 0. The summed E-state index contributed by atoms with van der Waals surface area (Å²) in [5, 5.41) is 7.34. The van der Waals surface area contributed by atoms with E-state index in [1.807, 2.05) is 39.0 Å². The molecule has 3 rings (SSSR count). The van der Waals surface area contributed by atoms with Gasteiger partial charge in [-0.05, 0) is 19.1 Å². The van der Waals surface area contributed by atoms with Crippen molar-refractivity contribution in [3.05, 3.63) is 29.9 Å². The van der Waals surface area contributed by atoms with Gasteiger partial charge in [0.25, 0.3) is 0 Å². The molecule has 2 aromatic rings. The van der Waals surface area contributed by atoms with Crippen LogP contribution in [-0.4, -0.2) is 23.4 Å². The van der Waals surface area contributed by atoms with Crippen LogP contribution in [0, 0.1) is 0 Å². The Morgan fingerprint density at radius 2 is 1.86 bits per heavy atom. The van der Waals surface area contributed by atoms with Crippen LogP contribution in [0.5, 0.6) is 11.5 Å². The molecule has 1 aliphatic rings. The smallest absolute Gasteiger partial charge is 0.248 e. The van der Waals surface area contributed by atoms with Gasteiger partial charge in [-0.3, -0.25) is 0 Å². The van der Waals surface area contributed by atoms with E-state index in [2.05, 4.69) is 15.5 Å². The Morgan fingerprint density at radius 1 is 1.09 bits per heavy atom. The van der Waals surface area contributed by atoms with Crippen LogP contribution in [0.4, 0.5) is 5.69 Å². The highest BCUT2D eigenvalue weighted by molar-refractivity contribution is 5.55. The molecule has 1 atom stereocenters. The maximum atomic E-state index is 5.70. The Hall–Kier alpha value is -2.24. The number of ether oxygens (including phenoxy) is 2. The largest absolute Gasteiger partial charge is 0.490 e. The number of hydrogen-bond acceptors (Lipinski definition) is 6. The Labute approximate surface area is 129 Å². The van der Waals surface area contributed by atoms with Gasteiger partial charge in [0.05, 0.1) is 13.2 Å². The first kappa shape index (κ1) is 14.7. The molecule has 6 heteroatoms. The zero-order valence-electron chi connectivity index (χ0n) is 13.1. The molecule has 118 valence electrons. The summed E-state index contributed by atoms with van der Waals surface area (Å²) in [4.78, 5) is 4.41. The van der Waals surface area contributed by atoms with Gasteiger partial charge in [0.2, 0.25) is 5.89 Å². The average Bonchev–Trinajstić information content (AvgIpc) is 2.88. The van der Waals surface area contributed by atoms with Crippen LogP contribution in [0.2, 0.25) is 0 Å². The van der Waals surface area contributed by atoms with E-state index in [-0.39, 0.29) is 12.0 Å². The molecule has 1 aromatic carbocycles. The number of anilines is 1. The highest BCUT2D eigenvalue weighted by Crippen LogP contribution is 2.33. The van der Waals surface area contributed by atoms with Crippen molar-refractivity contribution in [1.82, 2.24) is 10.1 Å². The lowest BCUT2D eigenvalue weighted by molar-refractivity contribution is 0.297. The van der Waals surface area contributed by atoms with Crippen molar-refractivity contribution in [2.24, 2.45) is 0 Å². The topological polar surface area (TPSA) is 69.4 Å². The molecule has 0 bridgehead atoms. The van der Waals surface area contributed by atoms with Gasteiger partial charge in [-0.25, -0.2) is 0 Å². The van der Waals surface area contributed by atoms with E-state index in [4.69, 9.17) is 14.0 Å². The van der Waals surface area contributed by atoms with E-state index < -0.39 is 0 Å². The van der Waals surface area contributed by atoms with Crippen LogP contribution in [0.1, 0.15) is 50.9 Å². The maximum absolute atomic E-state index is 5.70. The van der Waals surface area contributed by atoms with Crippen molar-refractivity contribution in [3.63, 3.8) is 0 Å². The molecule has 1 aromatic heterocycles. The molecule has 0 unspecified atom stereocenters. The second-order valence-corrected chi connectivity index (χ2v) is 5.72. The Morgan fingerprint density at radius 3 is 2.59 bits per heavy atom. The fourth-order valence-corrected chi connectivity index (χ4v) is 2.22. The number of rotatable bonds is 4. The van der Waals surface area contributed by atoms with Gasteiger partial charge in [0.1, 0.15) is 6.04 Å². The van der Waals surface area contributed by atoms with Crippen molar-refractivity contribution < 1.29 is 14.0 Å². The van der Waals surface area contributed by atoms with Crippen LogP contribution in [0.25, 0.3) is 0 Å². The molecule has 0 saturated carbocycles. The van der Waals surface area contributed by atoms with Crippen molar-refractivity contribution >= 4 is 5.69 Å². The van der Waals surface area contributed by atoms with Gasteiger partial charge in [0.15, 0.2) is 17.3 Å². The van der Waals surface area contributed by atoms with E-state index in [9.17, 15) is 0 Å². The third kappa shape index (κ3) is 3.16. The first-order valence-electron chi connectivity index (χ1n) is 7.63. The zero-order valence-corrected chi connectivity index (χ0v) is 13.1. The lowest BCUT2D eigenvalue weighted by atomic mass is 10.2. The molecular weight excluding hydrogens is 282 g/mol. The van der Waals surface area contributed by atoms with E-state index in [0.29, 0.717) is 19.1 Å². The Bertz CT molecular complexity index is 639. The highest BCUT2D eigenvalue weighted by Gasteiger charge is 2.17. The number of fused-ring (bicyclic) bond motifs is 1. The number of hydrogen-bond donors (Lipinski definition) is 1. The molecule has 0 radical (unpaired) electrons. The first-order chi connectivity index (χ1) is 10.6. The summed E-state index contributed by atoms with van der Waals surface area (Å²) >= 11 is 0. The SMILES string of the molecule is CC(C)c1noc([C@@H](C)Nc2ccc3c(c2)OCCCO3)n1. The predicted molar refractivity (Wildman–Crippen MR) is 82.5 cm³/mol. The van der Waals surface area contributed by atoms with Gasteiger partial charge in [-0.1, -0.05) is 19.0 Å². The van der Waals surface area contributed by atoms with Crippen LogP contribution < -0.4 is 14.8 Å². The summed E-state index contributed by atoms with van der Waals surface area (Å²) in [5.41, 5.74) is 0.932. The normalized spacial score (nSPS) is 15.5. The molecule has 0 saturated heterocycles. The lowest BCUT2D eigenvalue weighted by Gasteiger charge is -2.14. The summed E-state index contributed by atoms with van der Waals surface area (Å²) in [6.45, 7) is 7.43. The maximum Gasteiger partial charge on any atom is 0.248 e. The molecule has 22 heavy (non-hydrogen) atoms. The summed E-state index contributed by atoms with van der Waals surface area (Å²) < 4.78 is 16.6. The second-order valence-electron chi connectivity index (χ2n) is 5.72.